The molecule has 1 unspecified atom stereocenters. The fourth-order valence-electron chi connectivity index (χ4n) is 3.26. The number of carbonyl (C=O) groups excluding carboxylic acids is 2. The molecule has 4 rings (SSSR count). The molecule has 0 saturated carbocycles. The zero-order valence-corrected chi connectivity index (χ0v) is 17.2. The number of rotatable bonds is 6. The van der Waals surface area contributed by atoms with E-state index in [1.54, 1.807) is 66.7 Å². The van der Waals surface area contributed by atoms with Crippen molar-refractivity contribution in [1.82, 2.24) is 20.9 Å². The van der Waals surface area contributed by atoms with Crippen LogP contribution in [0.2, 0.25) is 0 Å². The van der Waals surface area contributed by atoms with Crippen LogP contribution in [0.25, 0.3) is 10.8 Å². The molecular weight excluding hydrogens is 422 g/mol. The third kappa shape index (κ3) is 4.93. The summed E-state index contributed by atoms with van der Waals surface area (Å²) in [5.74, 6) is -1.10. The molecule has 0 aliphatic heterocycles. The number of hydrogen-bond acceptors (Lipinski definition) is 6. The van der Waals surface area contributed by atoms with Crippen molar-refractivity contribution in [3.05, 3.63) is 106 Å². The van der Waals surface area contributed by atoms with Crippen molar-refractivity contribution >= 4 is 28.8 Å². The molecule has 0 aliphatic carbocycles. The van der Waals surface area contributed by atoms with Crippen molar-refractivity contribution in [3.63, 3.8) is 0 Å². The predicted octanol–water partition coefficient (Wildman–Crippen LogP) is 2.25. The van der Waals surface area contributed by atoms with E-state index < -0.39 is 23.4 Å². The van der Waals surface area contributed by atoms with Crippen LogP contribution in [0.15, 0.2) is 88.8 Å². The van der Waals surface area contributed by atoms with Gasteiger partial charge in [-0.05, 0) is 35.9 Å². The molecule has 164 valence electrons. The fraction of sp³-hybridized carbons (Fsp3) is 0.0417. The number of benzene rings is 3. The molecule has 0 saturated heterocycles. The van der Waals surface area contributed by atoms with Gasteiger partial charge in [-0.2, -0.15) is 10.2 Å². The number of hydrazone groups is 1. The number of fused-ring (bicyclic) bond motifs is 1. The van der Waals surface area contributed by atoms with Crippen LogP contribution in [0.3, 0.4) is 0 Å². The maximum absolute atomic E-state index is 13.1. The van der Waals surface area contributed by atoms with E-state index in [0.29, 0.717) is 21.9 Å². The van der Waals surface area contributed by atoms with E-state index in [0.717, 1.165) is 0 Å². The molecule has 3 aromatic carbocycles. The largest absolute Gasteiger partial charge is 0.508 e. The Morgan fingerprint density at radius 1 is 0.970 bits per heavy atom. The van der Waals surface area contributed by atoms with Crippen molar-refractivity contribution in [3.8, 4) is 5.75 Å². The van der Waals surface area contributed by atoms with E-state index >= 15 is 0 Å². The third-order valence-electron chi connectivity index (χ3n) is 4.83. The highest BCUT2D eigenvalue weighted by Crippen LogP contribution is 2.20. The number of H-pyrrole nitrogens is 1. The summed E-state index contributed by atoms with van der Waals surface area (Å²) >= 11 is 0. The molecule has 4 N–H and O–H groups in total. The average molecular weight is 441 g/mol. The van der Waals surface area contributed by atoms with Gasteiger partial charge in [0.05, 0.1) is 11.6 Å². The highest BCUT2D eigenvalue weighted by atomic mass is 16.3. The van der Waals surface area contributed by atoms with Gasteiger partial charge in [0.15, 0.2) is 6.04 Å². The second-order valence-electron chi connectivity index (χ2n) is 7.09. The topological polar surface area (TPSA) is 137 Å². The number of aromatic nitrogens is 2. The quantitative estimate of drug-likeness (QED) is 0.269. The van der Waals surface area contributed by atoms with Crippen LogP contribution < -0.4 is 16.3 Å². The summed E-state index contributed by atoms with van der Waals surface area (Å²) in [7, 11) is 0. The summed E-state index contributed by atoms with van der Waals surface area (Å²) in [5, 5.41) is 23.3. The summed E-state index contributed by atoms with van der Waals surface area (Å²) in [6, 6.07) is 20.1. The van der Waals surface area contributed by atoms with Gasteiger partial charge in [0.25, 0.3) is 17.4 Å². The van der Waals surface area contributed by atoms with Gasteiger partial charge in [-0.25, -0.2) is 10.5 Å². The minimum absolute atomic E-state index is 0.0576. The number of carbonyl (C=O) groups is 2. The summed E-state index contributed by atoms with van der Waals surface area (Å²) in [4.78, 5) is 38.1. The summed E-state index contributed by atoms with van der Waals surface area (Å²) in [6.07, 6.45) is 1.35. The predicted molar refractivity (Wildman–Crippen MR) is 123 cm³/mol. The number of aromatic hydroxyl groups is 1. The molecule has 9 heteroatoms. The van der Waals surface area contributed by atoms with Crippen molar-refractivity contribution in [2.24, 2.45) is 5.10 Å². The molecule has 0 fully saturated rings. The van der Waals surface area contributed by atoms with Crippen molar-refractivity contribution < 1.29 is 14.7 Å². The Hall–Kier alpha value is -4.79. The second kappa shape index (κ2) is 9.56. The van der Waals surface area contributed by atoms with Gasteiger partial charge >= 0.3 is 0 Å². The minimum atomic E-state index is -1.25. The molecule has 1 heterocycles. The Kier molecular flexibility index (Phi) is 6.21. The first kappa shape index (κ1) is 21.4. The zero-order valence-electron chi connectivity index (χ0n) is 17.2. The monoisotopic (exact) mass is 441 g/mol. The molecule has 9 nitrogen and oxygen atoms in total. The number of aromatic amines is 1. The van der Waals surface area contributed by atoms with Gasteiger partial charge in [0.2, 0.25) is 0 Å². The Balaban J connectivity index is 1.67. The number of amides is 2. The van der Waals surface area contributed by atoms with Gasteiger partial charge in [0, 0.05) is 10.9 Å². The third-order valence-corrected chi connectivity index (χ3v) is 4.83. The average Bonchev–Trinajstić information content (AvgIpc) is 2.84. The van der Waals surface area contributed by atoms with Crippen LogP contribution in [0.4, 0.5) is 0 Å². The lowest BCUT2D eigenvalue weighted by Crippen LogP contribution is -2.40. The summed E-state index contributed by atoms with van der Waals surface area (Å²) in [5.41, 5.74) is 3.06. The molecular formula is C24H19N5O4. The first-order valence-electron chi connectivity index (χ1n) is 9.98. The van der Waals surface area contributed by atoms with Gasteiger partial charge < -0.3 is 10.4 Å². The SMILES string of the molecule is O=C(NC(C(=O)N/N=C/c1cccc(O)c1)c1n[nH]c(=O)c2ccccc12)c1ccccc1. The van der Waals surface area contributed by atoms with E-state index in [2.05, 4.69) is 26.0 Å². The van der Waals surface area contributed by atoms with Gasteiger partial charge in [-0.3, -0.25) is 14.4 Å². The Bertz CT molecular complexity index is 1400. The smallest absolute Gasteiger partial charge is 0.272 e. The first-order chi connectivity index (χ1) is 16.0. The van der Waals surface area contributed by atoms with Gasteiger partial charge in [0.1, 0.15) is 11.4 Å². The van der Waals surface area contributed by atoms with E-state index in [1.165, 1.54) is 18.3 Å². The van der Waals surface area contributed by atoms with Crippen LogP contribution in [0.5, 0.6) is 5.75 Å². The van der Waals surface area contributed by atoms with Crippen molar-refractivity contribution in [2.45, 2.75) is 6.04 Å². The van der Waals surface area contributed by atoms with Crippen LogP contribution in [0, 0.1) is 0 Å². The lowest BCUT2D eigenvalue weighted by molar-refractivity contribution is -0.123. The Labute approximate surface area is 187 Å². The maximum atomic E-state index is 13.1. The summed E-state index contributed by atoms with van der Waals surface area (Å²) < 4.78 is 0. The fourth-order valence-corrected chi connectivity index (χ4v) is 3.26. The molecule has 0 aliphatic rings. The summed E-state index contributed by atoms with van der Waals surface area (Å²) in [6.45, 7) is 0. The molecule has 1 atom stereocenters. The normalized spacial score (nSPS) is 11.9. The van der Waals surface area contributed by atoms with Crippen LogP contribution in [0.1, 0.15) is 27.7 Å². The van der Waals surface area contributed by atoms with E-state index in [1.807, 2.05) is 0 Å². The lowest BCUT2D eigenvalue weighted by Gasteiger charge is -2.18. The second-order valence-corrected chi connectivity index (χ2v) is 7.09. The van der Waals surface area contributed by atoms with E-state index in [9.17, 15) is 19.5 Å². The van der Waals surface area contributed by atoms with Crippen molar-refractivity contribution in [1.29, 1.82) is 0 Å². The number of hydrogen-bond donors (Lipinski definition) is 4. The van der Waals surface area contributed by atoms with Gasteiger partial charge in [-0.1, -0.05) is 48.5 Å². The molecule has 0 bridgehead atoms. The number of phenolic OH excluding ortho intramolecular Hbond substituents is 1. The minimum Gasteiger partial charge on any atom is -0.508 e. The highest BCUT2D eigenvalue weighted by molar-refractivity contribution is 5.99. The van der Waals surface area contributed by atoms with Crippen LogP contribution >= 0.6 is 0 Å². The Morgan fingerprint density at radius 2 is 1.70 bits per heavy atom. The number of nitrogens with one attached hydrogen (secondary N) is 3. The van der Waals surface area contributed by atoms with Crippen LogP contribution in [-0.4, -0.2) is 33.3 Å². The Morgan fingerprint density at radius 3 is 2.45 bits per heavy atom. The highest BCUT2D eigenvalue weighted by Gasteiger charge is 2.27. The molecule has 0 spiro atoms. The molecule has 1 aromatic heterocycles. The number of nitrogens with zero attached hydrogens (tertiary/aromatic N) is 2. The maximum Gasteiger partial charge on any atom is 0.272 e. The molecule has 2 amide bonds. The van der Waals surface area contributed by atoms with E-state index in [-0.39, 0.29) is 11.4 Å². The van der Waals surface area contributed by atoms with Crippen molar-refractivity contribution in [2.75, 3.05) is 0 Å². The molecule has 33 heavy (non-hydrogen) atoms. The van der Waals surface area contributed by atoms with Crippen LogP contribution in [-0.2, 0) is 4.79 Å². The number of phenols is 1. The zero-order chi connectivity index (χ0) is 23.2. The standard InChI is InChI=1S/C24H19N5O4/c30-17-10-6-7-15(13-17)14-25-28-24(33)21(26-22(31)16-8-2-1-3-9-16)20-18-11-4-5-12-19(18)23(32)29-27-20/h1-14,21,30H,(H,26,31)(H,28,33)(H,29,32)/b25-14+. The molecule has 4 aromatic rings. The lowest BCUT2D eigenvalue weighted by atomic mass is 10.0. The van der Waals surface area contributed by atoms with Gasteiger partial charge in [-0.15, -0.1) is 0 Å². The van der Waals surface area contributed by atoms with E-state index in [4.69, 9.17) is 0 Å². The molecule has 0 radical (unpaired) electrons. The first-order valence-corrected chi connectivity index (χ1v) is 9.98.